The number of rotatable bonds is 3. The van der Waals surface area contributed by atoms with Crippen LogP contribution in [0.1, 0.15) is 22.7 Å². The van der Waals surface area contributed by atoms with E-state index in [0.717, 1.165) is 12.1 Å². The summed E-state index contributed by atoms with van der Waals surface area (Å²) in [7, 11) is 0. The first kappa shape index (κ1) is 14.5. The van der Waals surface area contributed by atoms with E-state index >= 15 is 0 Å². The van der Waals surface area contributed by atoms with E-state index in [2.05, 4.69) is 0 Å². The third-order valence-electron chi connectivity index (χ3n) is 3.15. The molecule has 0 aliphatic rings. The summed E-state index contributed by atoms with van der Waals surface area (Å²) in [6.45, 7) is 1.49. The molecule has 0 aliphatic heterocycles. The second-order valence-electron chi connectivity index (χ2n) is 4.64. The molecule has 20 heavy (non-hydrogen) atoms. The summed E-state index contributed by atoms with van der Waals surface area (Å²) < 4.78 is 53.9. The van der Waals surface area contributed by atoms with Gasteiger partial charge in [-0.1, -0.05) is 12.1 Å². The summed E-state index contributed by atoms with van der Waals surface area (Å²) in [5.41, 5.74) is 5.85. The second kappa shape index (κ2) is 5.63. The number of benzene rings is 2. The molecule has 0 heterocycles. The van der Waals surface area contributed by atoms with E-state index in [1.165, 1.54) is 19.1 Å². The lowest BCUT2D eigenvalue weighted by Crippen LogP contribution is -2.18. The van der Waals surface area contributed by atoms with Gasteiger partial charge in [0.1, 0.15) is 23.3 Å². The maximum atomic E-state index is 13.9. The Balaban J connectivity index is 2.33. The number of nitrogens with two attached hydrogens (primary N) is 1. The van der Waals surface area contributed by atoms with Crippen molar-refractivity contribution in [3.05, 3.63) is 70.3 Å². The summed E-state index contributed by atoms with van der Waals surface area (Å²) in [4.78, 5) is 0. The van der Waals surface area contributed by atoms with Gasteiger partial charge in [0.25, 0.3) is 0 Å². The van der Waals surface area contributed by atoms with Crippen LogP contribution in [0.5, 0.6) is 0 Å². The highest BCUT2D eigenvalue weighted by atomic mass is 19.1. The van der Waals surface area contributed by atoms with E-state index in [4.69, 9.17) is 5.73 Å². The molecule has 1 unspecified atom stereocenters. The number of halogens is 4. The van der Waals surface area contributed by atoms with Gasteiger partial charge in [-0.2, -0.15) is 0 Å². The second-order valence-corrected chi connectivity index (χ2v) is 4.64. The van der Waals surface area contributed by atoms with E-state index in [1.807, 2.05) is 0 Å². The van der Waals surface area contributed by atoms with Crippen LogP contribution in [0.15, 0.2) is 30.3 Å². The smallest absolute Gasteiger partial charge is 0.133 e. The van der Waals surface area contributed by atoms with Gasteiger partial charge < -0.3 is 5.73 Å². The van der Waals surface area contributed by atoms with E-state index in [1.54, 1.807) is 0 Å². The number of hydrogen-bond acceptors (Lipinski definition) is 1. The molecule has 0 saturated heterocycles. The minimum atomic E-state index is -1.05. The van der Waals surface area contributed by atoms with Crippen LogP contribution in [0, 0.1) is 30.2 Å². The van der Waals surface area contributed by atoms with Gasteiger partial charge in [0, 0.05) is 17.7 Å². The van der Waals surface area contributed by atoms with Crippen LogP contribution >= 0.6 is 0 Å². The van der Waals surface area contributed by atoms with Gasteiger partial charge in [0.15, 0.2) is 0 Å². The maximum Gasteiger partial charge on any atom is 0.133 e. The lowest BCUT2D eigenvalue weighted by molar-refractivity contribution is 0.511. The van der Waals surface area contributed by atoms with Crippen molar-refractivity contribution in [1.82, 2.24) is 0 Å². The molecule has 0 saturated carbocycles. The number of aryl methyl sites for hydroxylation is 1. The molecule has 0 radical (unpaired) electrons. The average molecular weight is 283 g/mol. The van der Waals surface area contributed by atoms with Gasteiger partial charge in [-0.3, -0.25) is 0 Å². The van der Waals surface area contributed by atoms with E-state index < -0.39 is 29.3 Å². The number of hydrogen-bond donors (Lipinski definition) is 1. The largest absolute Gasteiger partial charge is 0.323 e. The molecule has 1 nitrogen and oxygen atoms in total. The fraction of sp³-hybridized carbons (Fsp3) is 0.200. The molecule has 0 bridgehead atoms. The first-order valence-electron chi connectivity index (χ1n) is 6.04. The third kappa shape index (κ3) is 2.82. The van der Waals surface area contributed by atoms with Gasteiger partial charge in [-0.15, -0.1) is 0 Å². The van der Waals surface area contributed by atoms with Crippen LogP contribution in [-0.2, 0) is 6.42 Å². The van der Waals surface area contributed by atoms with E-state index in [-0.39, 0.29) is 23.1 Å². The zero-order valence-electron chi connectivity index (χ0n) is 10.8. The fourth-order valence-corrected chi connectivity index (χ4v) is 2.04. The molecular formula is C15H13F4N. The molecule has 0 fully saturated rings. The standard InChI is InChI=1S/C15H13F4N/c1-8-2-5-11(17)14(15(8)19)13(20)6-9-3-4-10(16)7-12(9)18/h2-5,7,13H,6,20H2,1H3. The molecule has 1 atom stereocenters. The van der Waals surface area contributed by atoms with Crippen LogP contribution in [0.25, 0.3) is 0 Å². The quantitative estimate of drug-likeness (QED) is 0.852. The Labute approximate surface area is 114 Å². The molecule has 0 amide bonds. The monoisotopic (exact) mass is 283 g/mol. The Morgan fingerprint density at radius 2 is 1.70 bits per heavy atom. The van der Waals surface area contributed by atoms with Gasteiger partial charge in [0.2, 0.25) is 0 Å². The minimum Gasteiger partial charge on any atom is -0.323 e. The Kier molecular flexibility index (Phi) is 4.09. The van der Waals surface area contributed by atoms with Crippen molar-refractivity contribution in [3.8, 4) is 0 Å². The Hall–Kier alpha value is -1.88. The van der Waals surface area contributed by atoms with Crippen molar-refractivity contribution in [2.24, 2.45) is 5.73 Å². The molecular weight excluding hydrogens is 270 g/mol. The first-order valence-corrected chi connectivity index (χ1v) is 6.04. The van der Waals surface area contributed by atoms with Crippen LogP contribution in [0.3, 0.4) is 0 Å². The van der Waals surface area contributed by atoms with Gasteiger partial charge in [-0.25, -0.2) is 17.6 Å². The summed E-state index contributed by atoms with van der Waals surface area (Å²) in [5, 5.41) is 0. The molecule has 106 valence electrons. The van der Waals surface area contributed by atoms with Crippen LogP contribution in [0.4, 0.5) is 17.6 Å². The SMILES string of the molecule is Cc1ccc(F)c(C(N)Cc2ccc(F)cc2F)c1F. The van der Waals surface area contributed by atoms with Crippen molar-refractivity contribution in [2.45, 2.75) is 19.4 Å². The van der Waals surface area contributed by atoms with Crippen molar-refractivity contribution < 1.29 is 17.6 Å². The Morgan fingerprint density at radius 1 is 1.00 bits per heavy atom. The summed E-state index contributed by atoms with van der Waals surface area (Å²) in [6, 6.07) is 4.39. The molecule has 5 heteroatoms. The van der Waals surface area contributed by atoms with Gasteiger partial charge in [-0.05, 0) is 36.6 Å². The Bertz CT molecular complexity index is 640. The van der Waals surface area contributed by atoms with Gasteiger partial charge >= 0.3 is 0 Å². The molecule has 2 rings (SSSR count). The van der Waals surface area contributed by atoms with Crippen molar-refractivity contribution in [3.63, 3.8) is 0 Å². The molecule has 0 aromatic heterocycles. The predicted molar refractivity (Wildman–Crippen MR) is 68.1 cm³/mol. The van der Waals surface area contributed by atoms with Crippen molar-refractivity contribution in [2.75, 3.05) is 0 Å². The highest BCUT2D eigenvalue weighted by Crippen LogP contribution is 2.25. The average Bonchev–Trinajstić information content (AvgIpc) is 2.38. The summed E-state index contributed by atoms with van der Waals surface area (Å²) in [5.74, 6) is -3.01. The third-order valence-corrected chi connectivity index (χ3v) is 3.15. The lowest BCUT2D eigenvalue weighted by atomic mass is 9.97. The van der Waals surface area contributed by atoms with E-state index in [0.29, 0.717) is 6.07 Å². The predicted octanol–water partition coefficient (Wildman–Crippen LogP) is 3.79. The fourth-order valence-electron chi connectivity index (χ4n) is 2.04. The normalized spacial score (nSPS) is 12.5. The zero-order chi connectivity index (χ0) is 14.9. The van der Waals surface area contributed by atoms with Crippen molar-refractivity contribution >= 4 is 0 Å². The lowest BCUT2D eigenvalue weighted by Gasteiger charge is -2.15. The molecule has 2 N–H and O–H groups in total. The van der Waals surface area contributed by atoms with Crippen molar-refractivity contribution in [1.29, 1.82) is 0 Å². The summed E-state index contributed by atoms with van der Waals surface area (Å²) in [6.07, 6.45) is -0.122. The summed E-state index contributed by atoms with van der Waals surface area (Å²) >= 11 is 0. The molecule has 2 aromatic rings. The van der Waals surface area contributed by atoms with Crippen LogP contribution in [0.2, 0.25) is 0 Å². The molecule has 0 spiro atoms. The topological polar surface area (TPSA) is 26.0 Å². The van der Waals surface area contributed by atoms with Gasteiger partial charge in [0.05, 0.1) is 0 Å². The molecule has 2 aromatic carbocycles. The Morgan fingerprint density at radius 3 is 2.35 bits per heavy atom. The highest BCUT2D eigenvalue weighted by Gasteiger charge is 2.20. The maximum absolute atomic E-state index is 13.9. The van der Waals surface area contributed by atoms with Crippen LogP contribution < -0.4 is 5.73 Å². The molecule has 0 aliphatic carbocycles. The highest BCUT2D eigenvalue weighted by molar-refractivity contribution is 5.31. The first-order chi connectivity index (χ1) is 9.40. The van der Waals surface area contributed by atoms with Crippen LogP contribution in [-0.4, -0.2) is 0 Å². The zero-order valence-corrected chi connectivity index (χ0v) is 10.8. The minimum absolute atomic E-state index is 0.110. The van der Waals surface area contributed by atoms with E-state index in [9.17, 15) is 17.6 Å².